The van der Waals surface area contributed by atoms with Gasteiger partial charge >= 0.3 is 0 Å². The molecule has 0 unspecified atom stereocenters. The molecule has 0 aliphatic carbocycles. The van der Waals surface area contributed by atoms with Crippen LogP contribution in [0.4, 0.5) is 11.6 Å². The topological polar surface area (TPSA) is 113 Å². The predicted octanol–water partition coefficient (Wildman–Crippen LogP) is 4.82. The lowest BCUT2D eigenvalue weighted by Crippen LogP contribution is -2.03. The second-order valence-electron chi connectivity index (χ2n) is 6.80. The summed E-state index contributed by atoms with van der Waals surface area (Å²) in [5.41, 5.74) is 5.89. The van der Waals surface area contributed by atoms with Crippen molar-refractivity contribution in [3.63, 3.8) is 0 Å². The molecule has 0 aliphatic rings. The molecule has 4 heterocycles. The zero-order valence-corrected chi connectivity index (χ0v) is 18.1. The summed E-state index contributed by atoms with van der Waals surface area (Å²) in [6.45, 7) is 9.66. The molecule has 0 spiro atoms. The average molecular weight is 439 g/mol. The number of anilines is 1. The van der Waals surface area contributed by atoms with Crippen LogP contribution in [0.3, 0.4) is 0 Å². The lowest BCUT2D eigenvalue weighted by molar-refractivity contribution is 1.07. The van der Waals surface area contributed by atoms with Gasteiger partial charge in [0.25, 0.3) is 0 Å². The molecule has 0 radical (unpaired) electrons. The van der Waals surface area contributed by atoms with Gasteiger partial charge in [-0.1, -0.05) is 12.7 Å². The third-order valence-corrected chi connectivity index (χ3v) is 5.37. The fourth-order valence-electron chi connectivity index (χ4n) is 3.07. The summed E-state index contributed by atoms with van der Waals surface area (Å²) >= 11 is 1.24. The van der Waals surface area contributed by atoms with Gasteiger partial charge < -0.3 is 5.32 Å². The minimum atomic E-state index is 0.429. The van der Waals surface area contributed by atoms with E-state index in [-0.39, 0.29) is 0 Å². The first-order chi connectivity index (χ1) is 15.6. The summed E-state index contributed by atoms with van der Waals surface area (Å²) in [4.78, 5) is 21.5. The number of nitrogens with one attached hydrogen (secondary N) is 1. The van der Waals surface area contributed by atoms with Gasteiger partial charge in [-0.15, -0.1) is 0 Å². The molecule has 0 saturated carbocycles. The Bertz CT molecular complexity index is 1350. The maximum atomic E-state index is 9.59. The number of aryl methyl sites for hydroxylation is 1. The van der Waals surface area contributed by atoms with Crippen molar-refractivity contribution in [2.45, 2.75) is 13.5 Å². The zero-order chi connectivity index (χ0) is 22.5. The monoisotopic (exact) mass is 438 g/mol. The van der Waals surface area contributed by atoms with Crippen molar-refractivity contribution in [2.75, 3.05) is 5.32 Å². The normalized spacial score (nSPS) is 10.4. The predicted molar refractivity (Wildman–Crippen MR) is 127 cm³/mol. The van der Waals surface area contributed by atoms with Crippen molar-refractivity contribution in [1.82, 2.24) is 24.3 Å². The van der Waals surface area contributed by atoms with E-state index in [1.54, 1.807) is 24.7 Å². The van der Waals surface area contributed by atoms with Gasteiger partial charge in [0.2, 0.25) is 5.95 Å². The van der Waals surface area contributed by atoms with Crippen molar-refractivity contribution >= 4 is 36.0 Å². The van der Waals surface area contributed by atoms with Crippen LogP contribution in [0.1, 0.15) is 22.4 Å². The summed E-state index contributed by atoms with van der Waals surface area (Å²) in [7, 11) is 0. The number of nitrogens with zero attached hydrogens (tertiary/aromatic N) is 7. The van der Waals surface area contributed by atoms with Gasteiger partial charge in [0.1, 0.15) is 11.8 Å². The van der Waals surface area contributed by atoms with Crippen LogP contribution in [0.15, 0.2) is 54.4 Å². The van der Waals surface area contributed by atoms with E-state index in [0.29, 0.717) is 40.1 Å². The van der Waals surface area contributed by atoms with Crippen LogP contribution < -0.4 is 5.32 Å². The second kappa shape index (κ2) is 9.24. The molecule has 0 aliphatic heterocycles. The van der Waals surface area contributed by atoms with Crippen LogP contribution >= 0.6 is 11.5 Å². The summed E-state index contributed by atoms with van der Waals surface area (Å²) in [6, 6.07) is 9.65. The van der Waals surface area contributed by atoms with Gasteiger partial charge in [0.15, 0.2) is 5.01 Å². The van der Waals surface area contributed by atoms with E-state index in [1.807, 2.05) is 31.2 Å². The van der Waals surface area contributed by atoms with Crippen molar-refractivity contribution < 1.29 is 0 Å². The Morgan fingerprint density at radius 2 is 2.09 bits per heavy atom. The third kappa shape index (κ3) is 4.40. The Kier molecular flexibility index (Phi) is 6.05. The molecule has 1 N–H and O–H groups in total. The van der Waals surface area contributed by atoms with Gasteiger partial charge in [-0.05, 0) is 55.0 Å². The van der Waals surface area contributed by atoms with Crippen LogP contribution in [0.2, 0.25) is 0 Å². The minimum Gasteiger partial charge on any atom is -0.349 e. The molecule has 32 heavy (non-hydrogen) atoms. The number of nitriles is 1. The maximum Gasteiger partial charge on any atom is 0.235 e. The Morgan fingerprint density at radius 3 is 2.84 bits per heavy atom. The van der Waals surface area contributed by atoms with Crippen LogP contribution in [0.5, 0.6) is 0 Å². The van der Waals surface area contributed by atoms with E-state index in [1.165, 1.54) is 11.5 Å². The third-order valence-electron chi connectivity index (χ3n) is 4.63. The van der Waals surface area contributed by atoms with E-state index in [4.69, 9.17) is 0 Å². The molecule has 0 bridgehead atoms. The van der Waals surface area contributed by atoms with Gasteiger partial charge in [-0.2, -0.15) is 14.6 Å². The number of hydrogen-bond acceptors (Lipinski definition) is 9. The SMILES string of the molecule is C=Cc1cc(-c2nc(NCc3cnc(-c4ccnc(C)c4)c(C#N)c3)ns2)ncc1N=C. The van der Waals surface area contributed by atoms with Gasteiger partial charge in [-0.3, -0.25) is 19.9 Å². The summed E-state index contributed by atoms with van der Waals surface area (Å²) < 4.78 is 4.35. The fraction of sp³-hybridized carbons (Fsp3) is 0.0870. The quantitative estimate of drug-likeness (QED) is 0.411. The van der Waals surface area contributed by atoms with Crippen molar-refractivity contribution in [2.24, 2.45) is 4.99 Å². The highest BCUT2D eigenvalue weighted by atomic mass is 32.1. The second-order valence-corrected chi connectivity index (χ2v) is 7.56. The van der Waals surface area contributed by atoms with Gasteiger partial charge in [-0.25, -0.2) is 0 Å². The molecule has 0 saturated heterocycles. The van der Waals surface area contributed by atoms with Crippen molar-refractivity contribution in [3.05, 3.63) is 71.8 Å². The summed E-state index contributed by atoms with van der Waals surface area (Å²) in [6.07, 6.45) is 6.79. The Hall–Kier alpha value is -4.29. The molecule has 0 aromatic carbocycles. The summed E-state index contributed by atoms with van der Waals surface area (Å²) in [5.74, 6) is 0.477. The van der Waals surface area contributed by atoms with E-state index in [9.17, 15) is 5.26 Å². The van der Waals surface area contributed by atoms with Crippen LogP contribution in [-0.2, 0) is 6.54 Å². The molecule has 8 nitrogen and oxygen atoms in total. The largest absolute Gasteiger partial charge is 0.349 e. The molecular weight excluding hydrogens is 420 g/mol. The molecule has 4 aromatic rings. The van der Waals surface area contributed by atoms with Gasteiger partial charge in [0, 0.05) is 35.8 Å². The average Bonchev–Trinajstić information content (AvgIpc) is 3.31. The number of aliphatic imine (C=N–C) groups is 1. The minimum absolute atomic E-state index is 0.429. The van der Waals surface area contributed by atoms with E-state index >= 15 is 0 Å². The number of pyridine rings is 3. The highest BCUT2D eigenvalue weighted by Crippen LogP contribution is 2.27. The first kappa shape index (κ1) is 21.0. The van der Waals surface area contributed by atoms with E-state index < -0.39 is 0 Å². The first-order valence-electron chi connectivity index (χ1n) is 9.60. The number of hydrogen-bond donors (Lipinski definition) is 1. The zero-order valence-electron chi connectivity index (χ0n) is 17.3. The number of aromatic nitrogens is 5. The number of rotatable bonds is 7. The van der Waals surface area contributed by atoms with Crippen LogP contribution in [0.25, 0.3) is 28.0 Å². The molecule has 4 aromatic heterocycles. The highest BCUT2D eigenvalue weighted by molar-refractivity contribution is 7.09. The van der Waals surface area contributed by atoms with Crippen LogP contribution in [-0.4, -0.2) is 31.0 Å². The van der Waals surface area contributed by atoms with Gasteiger partial charge in [0.05, 0.1) is 23.1 Å². The lowest BCUT2D eigenvalue weighted by atomic mass is 10.1. The van der Waals surface area contributed by atoms with E-state index in [0.717, 1.165) is 22.4 Å². The first-order valence-corrected chi connectivity index (χ1v) is 10.4. The maximum absolute atomic E-state index is 9.59. The molecule has 0 fully saturated rings. The van der Waals surface area contributed by atoms with E-state index in [2.05, 4.69) is 54.0 Å². The summed E-state index contributed by atoms with van der Waals surface area (Å²) in [5, 5.41) is 13.4. The molecular formula is C23H18N8S. The van der Waals surface area contributed by atoms with Crippen LogP contribution in [0, 0.1) is 18.3 Å². The van der Waals surface area contributed by atoms with Crippen molar-refractivity contribution in [3.8, 4) is 28.0 Å². The smallest absolute Gasteiger partial charge is 0.235 e. The Labute approximate surface area is 189 Å². The molecule has 156 valence electrons. The molecule has 0 amide bonds. The lowest BCUT2D eigenvalue weighted by Gasteiger charge is -2.07. The molecule has 4 rings (SSSR count). The highest BCUT2D eigenvalue weighted by Gasteiger charge is 2.12. The molecule has 0 atom stereocenters. The fourth-order valence-corrected chi connectivity index (χ4v) is 3.68. The Morgan fingerprint density at radius 1 is 1.22 bits per heavy atom. The standard InChI is InChI=1S/C23H18N8S/c1-4-16-9-19(27-13-20(16)25-3)22-30-23(31-32-22)29-12-15-8-18(10-24)21(28-11-15)17-5-6-26-14(2)7-17/h4-9,11,13H,1,3,12H2,2H3,(H,29,31). The molecule has 9 heteroatoms. The van der Waals surface area contributed by atoms with Crippen molar-refractivity contribution in [1.29, 1.82) is 5.26 Å². The Balaban J connectivity index is 1.50.